The average Bonchev–Trinajstić information content (AvgIpc) is 3.43. The normalized spacial score (nSPS) is 23.9. The van der Waals surface area contributed by atoms with Crippen molar-refractivity contribution in [3.05, 3.63) is 59.2 Å². The third kappa shape index (κ3) is 6.62. The van der Waals surface area contributed by atoms with Gasteiger partial charge >= 0.3 is 6.09 Å². The van der Waals surface area contributed by atoms with Gasteiger partial charge in [0.1, 0.15) is 11.4 Å². The highest BCUT2D eigenvalue weighted by molar-refractivity contribution is 5.97. The Morgan fingerprint density at radius 1 is 1.09 bits per heavy atom. The molecule has 1 spiro atoms. The van der Waals surface area contributed by atoms with Gasteiger partial charge in [0, 0.05) is 68.3 Å². The van der Waals surface area contributed by atoms with Crippen molar-refractivity contribution in [3.63, 3.8) is 0 Å². The van der Waals surface area contributed by atoms with Gasteiger partial charge < -0.3 is 24.2 Å². The van der Waals surface area contributed by atoms with E-state index in [1.807, 2.05) is 49.8 Å². The topological polar surface area (TPSA) is 95.5 Å². The van der Waals surface area contributed by atoms with Crippen molar-refractivity contribution in [2.45, 2.75) is 77.5 Å². The fourth-order valence-electron chi connectivity index (χ4n) is 7.23. The van der Waals surface area contributed by atoms with Crippen LogP contribution in [0.15, 0.2) is 36.5 Å². The quantitative estimate of drug-likeness (QED) is 0.474. The molecule has 0 radical (unpaired) electrons. The summed E-state index contributed by atoms with van der Waals surface area (Å²) >= 11 is 0. The average molecular weight is 636 g/mol. The van der Waals surface area contributed by atoms with E-state index in [2.05, 4.69) is 18.7 Å². The Labute approximate surface area is 270 Å². The number of ether oxygens (including phenoxy) is 2. The SMILES string of the molecule is C[C@@H]1CN(CC(=O)N2CC(C)(C)c3ncc(Cc4ccc(F)cc4)cc32)[C@@H](CN2CC3(COC3)CC2=O)CN1C(=O)OC(C)(C)C. The van der Waals surface area contributed by atoms with E-state index in [1.54, 1.807) is 17.0 Å². The van der Waals surface area contributed by atoms with Crippen LogP contribution in [-0.4, -0.2) is 108 Å². The van der Waals surface area contributed by atoms with E-state index >= 15 is 0 Å². The zero-order valence-corrected chi connectivity index (χ0v) is 27.8. The van der Waals surface area contributed by atoms with Gasteiger partial charge in [-0.25, -0.2) is 9.18 Å². The van der Waals surface area contributed by atoms with Crippen LogP contribution in [-0.2, 0) is 30.9 Å². The van der Waals surface area contributed by atoms with E-state index in [0.717, 1.165) is 22.5 Å². The molecule has 3 saturated heterocycles. The minimum atomic E-state index is -0.638. The van der Waals surface area contributed by atoms with Crippen LogP contribution in [0.4, 0.5) is 14.9 Å². The Morgan fingerprint density at radius 3 is 2.43 bits per heavy atom. The molecule has 0 bridgehead atoms. The van der Waals surface area contributed by atoms with Crippen LogP contribution < -0.4 is 4.90 Å². The molecule has 11 heteroatoms. The van der Waals surface area contributed by atoms with Crippen molar-refractivity contribution >= 4 is 23.6 Å². The molecule has 2 atom stereocenters. The fourth-order valence-corrected chi connectivity index (χ4v) is 7.23. The number of carbonyl (C=O) groups excluding carboxylic acids is 3. The summed E-state index contributed by atoms with van der Waals surface area (Å²) < 4.78 is 24.7. The Balaban J connectivity index is 1.22. The van der Waals surface area contributed by atoms with Crippen LogP contribution in [0.1, 0.15) is 64.8 Å². The van der Waals surface area contributed by atoms with E-state index in [9.17, 15) is 18.8 Å². The van der Waals surface area contributed by atoms with Gasteiger partial charge in [0.15, 0.2) is 0 Å². The molecular formula is C35H46FN5O5. The fraction of sp³-hybridized carbons (Fsp3) is 0.600. The van der Waals surface area contributed by atoms with Crippen molar-refractivity contribution in [1.29, 1.82) is 0 Å². The summed E-state index contributed by atoms with van der Waals surface area (Å²) in [5.41, 5.74) is 2.49. The van der Waals surface area contributed by atoms with Crippen LogP contribution in [0.5, 0.6) is 0 Å². The molecule has 3 fully saturated rings. The highest BCUT2D eigenvalue weighted by atomic mass is 19.1. The number of halogens is 1. The molecule has 0 unspecified atom stereocenters. The number of likely N-dealkylation sites (tertiary alicyclic amines) is 1. The second kappa shape index (κ2) is 11.9. The van der Waals surface area contributed by atoms with E-state index in [4.69, 9.17) is 14.5 Å². The number of amides is 3. The first-order chi connectivity index (χ1) is 21.6. The number of pyridine rings is 1. The largest absolute Gasteiger partial charge is 0.444 e. The standard InChI is InChI=1S/C35H46FN5O5/c1-23-15-38(27(17-40(23)32(44)46-33(2,3)4)16-39-20-35(13-29(39)42)21-45-22-35)18-30(43)41-19-34(5,6)31-28(41)12-25(14-37-31)11-24-7-9-26(36)10-8-24/h7-10,12,14,23,27H,11,13,15-22H2,1-6H3/t23-,27+/m1/s1. The van der Waals surface area contributed by atoms with Crippen LogP contribution in [0.2, 0.25) is 0 Å². The highest BCUT2D eigenvalue weighted by Gasteiger charge is 2.50. The van der Waals surface area contributed by atoms with Gasteiger partial charge in [-0.3, -0.25) is 19.5 Å². The second-order valence-electron chi connectivity index (χ2n) is 15.4. The lowest BCUT2D eigenvalue weighted by Gasteiger charge is -2.46. The minimum Gasteiger partial charge on any atom is -0.444 e. The molecule has 4 aliphatic rings. The number of nitrogens with zero attached hydrogens (tertiary/aromatic N) is 5. The summed E-state index contributed by atoms with van der Waals surface area (Å²) in [4.78, 5) is 52.9. The maximum Gasteiger partial charge on any atom is 0.410 e. The minimum absolute atomic E-state index is 0.0490. The smallest absolute Gasteiger partial charge is 0.410 e. The molecular weight excluding hydrogens is 589 g/mol. The number of anilines is 1. The molecule has 3 amide bonds. The van der Waals surface area contributed by atoms with Crippen LogP contribution in [0, 0.1) is 11.2 Å². The highest BCUT2D eigenvalue weighted by Crippen LogP contribution is 2.41. The molecule has 1 aromatic heterocycles. The molecule has 248 valence electrons. The molecule has 46 heavy (non-hydrogen) atoms. The zero-order chi connectivity index (χ0) is 33.0. The molecule has 2 aromatic rings. The van der Waals surface area contributed by atoms with E-state index in [-0.39, 0.29) is 53.2 Å². The Hall–Kier alpha value is -3.57. The monoisotopic (exact) mass is 635 g/mol. The van der Waals surface area contributed by atoms with Crippen molar-refractivity contribution in [1.82, 2.24) is 19.7 Å². The lowest BCUT2D eigenvalue weighted by molar-refractivity contribution is -0.130. The van der Waals surface area contributed by atoms with Crippen LogP contribution in [0.3, 0.4) is 0 Å². The van der Waals surface area contributed by atoms with Crippen molar-refractivity contribution in [2.75, 3.05) is 57.4 Å². The number of rotatable bonds is 6. The van der Waals surface area contributed by atoms with Gasteiger partial charge in [-0.2, -0.15) is 0 Å². The molecule has 6 rings (SSSR count). The maximum atomic E-state index is 14.2. The third-order valence-electron chi connectivity index (χ3n) is 9.61. The first-order valence-electron chi connectivity index (χ1n) is 16.2. The number of hydrogen-bond acceptors (Lipinski definition) is 7. The van der Waals surface area contributed by atoms with Gasteiger partial charge in [-0.1, -0.05) is 26.0 Å². The second-order valence-corrected chi connectivity index (χ2v) is 15.4. The summed E-state index contributed by atoms with van der Waals surface area (Å²) in [5.74, 6) is -0.237. The molecule has 5 heterocycles. The molecule has 0 N–H and O–H groups in total. The first kappa shape index (κ1) is 32.4. The first-order valence-corrected chi connectivity index (χ1v) is 16.2. The number of piperazine rings is 1. The summed E-state index contributed by atoms with van der Waals surface area (Å²) in [6.07, 6.45) is 2.50. The molecule has 4 aliphatic heterocycles. The summed E-state index contributed by atoms with van der Waals surface area (Å²) in [5, 5.41) is 0. The van der Waals surface area contributed by atoms with Crippen molar-refractivity contribution < 1.29 is 28.2 Å². The molecule has 1 aromatic carbocycles. The maximum absolute atomic E-state index is 14.2. The lowest BCUT2D eigenvalue weighted by atomic mass is 9.85. The van der Waals surface area contributed by atoms with E-state index in [1.165, 1.54) is 12.1 Å². The van der Waals surface area contributed by atoms with Crippen molar-refractivity contribution in [3.8, 4) is 0 Å². The summed E-state index contributed by atoms with van der Waals surface area (Å²) in [6, 6.07) is 8.02. The molecule has 10 nitrogen and oxygen atoms in total. The summed E-state index contributed by atoms with van der Waals surface area (Å²) in [6.45, 7) is 15.4. The number of carbonyl (C=O) groups is 3. The Morgan fingerprint density at radius 2 is 1.80 bits per heavy atom. The zero-order valence-electron chi connectivity index (χ0n) is 27.8. The molecule has 0 saturated carbocycles. The number of fused-ring (bicyclic) bond motifs is 1. The van der Waals surface area contributed by atoms with E-state index in [0.29, 0.717) is 58.8 Å². The molecule has 0 aliphatic carbocycles. The number of hydrogen-bond donors (Lipinski definition) is 0. The third-order valence-corrected chi connectivity index (χ3v) is 9.61. The predicted molar refractivity (Wildman–Crippen MR) is 171 cm³/mol. The van der Waals surface area contributed by atoms with Gasteiger partial charge in [0.2, 0.25) is 11.8 Å². The van der Waals surface area contributed by atoms with Gasteiger partial charge in [-0.15, -0.1) is 0 Å². The van der Waals surface area contributed by atoms with Gasteiger partial charge in [-0.05, 0) is 63.4 Å². The van der Waals surface area contributed by atoms with Crippen LogP contribution >= 0.6 is 0 Å². The number of benzene rings is 1. The summed E-state index contributed by atoms with van der Waals surface area (Å²) in [7, 11) is 0. The number of aromatic nitrogens is 1. The van der Waals surface area contributed by atoms with Crippen molar-refractivity contribution in [2.24, 2.45) is 5.41 Å². The van der Waals surface area contributed by atoms with Crippen LogP contribution in [0.25, 0.3) is 0 Å². The predicted octanol–water partition coefficient (Wildman–Crippen LogP) is 3.99. The van der Waals surface area contributed by atoms with E-state index < -0.39 is 5.60 Å². The lowest BCUT2D eigenvalue weighted by Crippen LogP contribution is -2.63. The van der Waals surface area contributed by atoms with Gasteiger partial charge in [0.05, 0.1) is 31.1 Å². The Kier molecular flexibility index (Phi) is 8.38. The Bertz CT molecular complexity index is 1500. The van der Waals surface area contributed by atoms with Gasteiger partial charge in [0.25, 0.3) is 0 Å².